The van der Waals surface area contributed by atoms with Crippen LogP contribution in [0.15, 0.2) is 29.3 Å². The first kappa shape index (κ1) is 19.0. The SMILES string of the molecule is CN=C(NCc1nc(C)c(C)s1)NCc1ccccc1OC(F)(F)F. The quantitative estimate of drug-likeness (QED) is 0.623. The van der Waals surface area contributed by atoms with E-state index in [1.807, 2.05) is 13.8 Å². The number of nitrogens with one attached hydrogen (secondary N) is 2. The number of aromatic nitrogens is 1. The number of thiazole rings is 1. The van der Waals surface area contributed by atoms with Gasteiger partial charge in [-0.25, -0.2) is 4.98 Å². The van der Waals surface area contributed by atoms with E-state index in [9.17, 15) is 13.2 Å². The van der Waals surface area contributed by atoms with Crippen LogP contribution in [0.25, 0.3) is 0 Å². The molecule has 5 nitrogen and oxygen atoms in total. The normalized spacial score (nSPS) is 12.2. The van der Waals surface area contributed by atoms with Crippen LogP contribution in [0.1, 0.15) is 21.1 Å². The van der Waals surface area contributed by atoms with Gasteiger partial charge in [-0.2, -0.15) is 0 Å². The molecule has 0 aliphatic rings. The first-order valence-corrected chi connectivity index (χ1v) is 8.31. The monoisotopic (exact) mass is 372 g/mol. The molecule has 25 heavy (non-hydrogen) atoms. The average Bonchev–Trinajstić information content (AvgIpc) is 2.86. The lowest BCUT2D eigenvalue weighted by Crippen LogP contribution is -2.36. The molecular weight excluding hydrogens is 353 g/mol. The zero-order valence-electron chi connectivity index (χ0n) is 14.1. The maximum atomic E-state index is 12.4. The van der Waals surface area contributed by atoms with Gasteiger partial charge in [-0.3, -0.25) is 4.99 Å². The van der Waals surface area contributed by atoms with Gasteiger partial charge in [0.2, 0.25) is 0 Å². The highest BCUT2D eigenvalue weighted by molar-refractivity contribution is 7.11. The van der Waals surface area contributed by atoms with Crippen molar-refractivity contribution in [3.8, 4) is 5.75 Å². The molecule has 1 aromatic carbocycles. The maximum Gasteiger partial charge on any atom is 0.573 e. The van der Waals surface area contributed by atoms with E-state index in [0.717, 1.165) is 15.6 Å². The number of aryl methyl sites for hydroxylation is 2. The Bertz CT molecular complexity index is 724. The summed E-state index contributed by atoms with van der Waals surface area (Å²) in [6, 6.07) is 5.99. The summed E-state index contributed by atoms with van der Waals surface area (Å²) >= 11 is 1.59. The maximum absolute atomic E-state index is 12.4. The molecule has 0 saturated heterocycles. The van der Waals surface area contributed by atoms with Crippen LogP contribution in [0.2, 0.25) is 0 Å². The lowest BCUT2D eigenvalue weighted by Gasteiger charge is -2.15. The minimum absolute atomic E-state index is 0.141. The molecule has 9 heteroatoms. The molecule has 0 amide bonds. The van der Waals surface area contributed by atoms with Gasteiger partial charge in [0, 0.05) is 24.0 Å². The summed E-state index contributed by atoms with van der Waals surface area (Å²) in [6.45, 7) is 4.57. The number of nitrogens with zero attached hydrogens (tertiary/aromatic N) is 2. The highest BCUT2D eigenvalue weighted by Crippen LogP contribution is 2.26. The summed E-state index contributed by atoms with van der Waals surface area (Å²) in [5.74, 6) is 0.233. The van der Waals surface area contributed by atoms with E-state index >= 15 is 0 Å². The van der Waals surface area contributed by atoms with Crippen molar-refractivity contribution < 1.29 is 17.9 Å². The molecule has 0 unspecified atom stereocenters. The molecule has 0 atom stereocenters. The highest BCUT2D eigenvalue weighted by Gasteiger charge is 2.31. The third-order valence-electron chi connectivity index (χ3n) is 3.35. The molecule has 1 heterocycles. The second-order valence-corrected chi connectivity index (χ2v) is 6.47. The number of hydrogen-bond acceptors (Lipinski definition) is 4. The van der Waals surface area contributed by atoms with E-state index in [1.165, 1.54) is 12.1 Å². The Hall–Kier alpha value is -2.29. The van der Waals surface area contributed by atoms with Gasteiger partial charge in [-0.15, -0.1) is 24.5 Å². The minimum atomic E-state index is -4.73. The van der Waals surface area contributed by atoms with Gasteiger partial charge in [0.05, 0.1) is 12.2 Å². The largest absolute Gasteiger partial charge is 0.573 e. The van der Waals surface area contributed by atoms with Crippen molar-refractivity contribution >= 4 is 17.3 Å². The molecule has 136 valence electrons. The third-order valence-corrected chi connectivity index (χ3v) is 4.42. The number of ether oxygens (including phenoxy) is 1. The molecule has 2 N–H and O–H groups in total. The average molecular weight is 372 g/mol. The predicted octanol–water partition coefficient (Wildman–Crippen LogP) is 3.52. The molecule has 0 radical (unpaired) electrons. The van der Waals surface area contributed by atoms with Crippen LogP contribution >= 0.6 is 11.3 Å². The zero-order chi connectivity index (χ0) is 18.4. The fourth-order valence-electron chi connectivity index (χ4n) is 2.05. The third kappa shape index (κ3) is 5.93. The fourth-order valence-corrected chi connectivity index (χ4v) is 2.92. The predicted molar refractivity (Wildman–Crippen MR) is 91.8 cm³/mol. The number of halogens is 3. The second-order valence-electron chi connectivity index (χ2n) is 5.18. The first-order valence-electron chi connectivity index (χ1n) is 7.49. The van der Waals surface area contributed by atoms with Gasteiger partial charge in [0.1, 0.15) is 10.8 Å². The molecule has 0 fully saturated rings. The van der Waals surface area contributed by atoms with Crippen molar-refractivity contribution in [2.45, 2.75) is 33.3 Å². The smallest absolute Gasteiger partial charge is 0.405 e. The Morgan fingerprint density at radius 1 is 1.20 bits per heavy atom. The number of aliphatic imine (C=N–C) groups is 1. The van der Waals surface area contributed by atoms with Gasteiger partial charge in [-0.05, 0) is 19.9 Å². The molecule has 0 aliphatic heterocycles. The molecule has 1 aromatic heterocycles. The molecule has 2 rings (SSSR count). The lowest BCUT2D eigenvalue weighted by molar-refractivity contribution is -0.274. The van der Waals surface area contributed by atoms with Crippen molar-refractivity contribution in [2.75, 3.05) is 7.05 Å². The number of guanidine groups is 1. The Kier molecular flexibility index (Phi) is 6.24. The fraction of sp³-hybridized carbons (Fsp3) is 0.375. The van der Waals surface area contributed by atoms with Crippen LogP contribution in [0, 0.1) is 13.8 Å². The molecule has 0 saturated carbocycles. The molecule has 2 aromatic rings. The van der Waals surface area contributed by atoms with Gasteiger partial charge in [-0.1, -0.05) is 18.2 Å². The highest BCUT2D eigenvalue weighted by atomic mass is 32.1. The summed E-state index contributed by atoms with van der Waals surface area (Å²) in [7, 11) is 1.59. The number of para-hydroxylation sites is 1. The standard InChI is InChI=1S/C16H19F3N4OS/c1-10-11(2)25-14(23-10)9-22-15(20-3)21-8-12-6-4-5-7-13(12)24-16(17,18)19/h4-7H,8-9H2,1-3H3,(H2,20,21,22). The van der Waals surface area contributed by atoms with Crippen molar-refractivity contribution in [1.29, 1.82) is 0 Å². The van der Waals surface area contributed by atoms with Crippen LogP contribution in [-0.2, 0) is 13.1 Å². The van der Waals surface area contributed by atoms with E-state index in [-0.39, 0.29) is 12.3 Å². The Morgan fingerprint density at radius 3 is 2.48 bits per heavy atom. The number of rotatable bonds is 5. The van der Waals surface area contributed by atoms with Crippen LogP contribution in [0.5, 0.6) is 5.75 Å². The van der Waals surface area contributed by atoms with Crippen LogP contribution in [0.4, 0.5) is 13.2 Å². The van der Waals surface area contributed by atoms with Crippen LogP contribution in [0.3, 0.4) is 0 Å². The zero-order valence-corrected chi connectivity index (χ0v) is 14.9. The summed E-state index contributed by atoms with van der Waals surface area (Å²) in [4.78, 5) is 9.63. The van der Waals surface area contributed by atoms with E-state index in [2.05, 4.69) is 25.3 Å². The van der Waals surface area contributed by atoms with Gasteiger partial charge in [0.25, 0.3) is 0 Å². The topological polar surface area (TPSA) is 58.5 Å². The van der Waals surface area contributed by atoms with E-state index in [4.69, 9.17) is 0 Å². The molecule has 0 bridgehead atoms. The molecule has 0 spiro atoms. The van der Waals surface area contributed by atoms with Crippen molar-refractivity contribution in [3.05, 3.63) is 45.4 Å². The van der Waals surface area contributed by atoms with Gasteiger partial charge < -0.3 is 15.4 Å². The molecular formula is C16H19F3N4OS. The van der Waals surface area contributed by atoms with Crippen molar-refractivity contribution in [2.24, 2.45) is 4.99 Å². The first-order chi connectivity index (χ1) is 11.8. The van der Waals surface area contributed by atoms with E-state index in [0.29, 0.717) is 18.1 Å². The van der Waals surface area contributed by atoms with Crippen LogP contribution in [-0.4, -0.2) is 24.4 Å². The summed E-state index contributed by atoms with van der Waals surface area (Å²) in [5.41, 5.74) is 1.37. The van der Waals surface area contributed by atoms with Crippen molar-refractivity contribution in [1.82, 2.24) is 15.6 Å². The lowest BCUT2D eigenvalue weighted by atomic mass is 10.2. The minimum Gasteiger partial charge on any atom is -0.405 e. The summed E-state index contributed by atoms with van der Waals surface area (Å²) < 4.78 is 41.4. The number of benzene rings is 1. The Labute approximate surface area is 148 Å². The Morgan fingerprint density at radius 2 is 1.88 bits per heavy atom. The Balaban J connectivity index is 1.95. The van der Waals surface area contributed by atoms with Gasteiger partial charge >= 0.3 is 6.36 Å². The summed E-state index contributed by atoms with van der Waals surface area (Å²) in [6.07, 6.45) is -4.73. The van der Waals surface area contributed by atoms with Crippen molar-refractivity contribution in [3.63, 3.8) is 0 Å². The number of alkyl halides is 3. The second kappa shape index (κ2) is 8.19. The van der Waals surface area contributed by atoms with E-state index < -0.39 is 6.36 Å². The molecule has 0 aliphatic carbocycles. The van der Waals surface area contributed by atoms with E-state index in [1.54, 1.807) is 30.5 Å². The number of hydrogen-bond donors (Lipinski definition) is 2. The summed E-state index contributed by atoms with van der Waals surface area (Å²) in [5, 5.41) is 6.98. The van der Waals surface area contributed by atoms with Crippen LogP contribution < -0.4 is 15.4 Å². The van der Waals surface area contributed by atoms with Gasteiger partial charge in [0.15, 0.2) is 5.96 Å².